The monoisotopic (exact) mass is 505 g/mol. The first-order valence-corrected chi connectivity index (χ1v) is 13.7. The largest absolute Gasteiger partial charge is 0.322 e. The van der Waals surface area contributed by atoms with E-state index in [1.165, 1.54) is 16.4 Å². The third kappa shape index (κ3) is 4.63. The van der Waals surface area contributed by atoms with Gasteiger partial charge in [0.2, 0.25) is 10.0 Å². The van der Waals surface area contributed by atoms with Crippen LogP contribution >= 0.6 is 0 Å². The fraction of sp³-hybridized carbons (Fsp3) is 0.357. The van der Waals surface area contributed by atoms with Crippen molar-refractivity contribution in [2.24, 2.45) is 5.92 Å². The zero-order chi connectivity index (χ0) is 25.7. The molecule has 36 heavy (non-hydrogen) atoms. The van der Waals surface area contributed by atoms with E-state index in [0.29, 0.717) is 30.9 Å². The number of nitrogens with zero attached hydrogens (tertiary/aromatic N) is 2. The van der Waals surface area contributed by atoms with Crippen LogP contribution in [-0.2, 0) is 22.0 Å². The molecular weight excluding hydrogens is 474 g/mol. The van der Waals surface area contributed by atoms with Gasteiger partial charge in [-0.25, -0.2) is 8.42 Å². The van der Waals surface area contributed by atoms with Crippen molar-refractivity contribution in [3.63, 3.8) is 0 Å². The highest BCUT2D eigenvalue weighted by molar-refractivity contribution is 7.89. The fourth-order valence-electron chi connectivity index (χ4n) is 5.23. The van der Waals surface area contributed by atoms with E-state index in [1.54, 1.807) is 41.0 Å². The average Bonchev–Trinajstić information content (AvgIpc) is 2.84. The van der Waals surface area contributed by atoms with Crippen LogP contribution in [0.4, 0.5) is 5.69 Å². The molecule has 188 valence electrons. The number of piperidine rings is 1. The van der Waals surface area contributed by atoms with Crippen molar-refractivity contribution in [2.45, 2.75) is 50.0 Å². The van der Waals surface area contributed by atoms with Gasteiger partial charge in [0.25, 0.3) is 11.5 Å². The van der Waals surface area contributed by atoms with Crippen molar-refractivity contribution >= 4 is 21.6 Å². The lowest BCUT2D eigenvalue weighted by atomic mass is 9.84. The number of fused-ring (bicyclic) bond motifs is 4. The Balaban J connectivity index is 1.29. The van der Waals surface area contributed by atoms with Gasteiger partial charge in [-0.05, 0) is 65.8 Å². The number of sulfonamides is 1. The molecular formula is C28H31N3O4S. The van der Waals surface area contributed by atoms with E-state index in [4.69, 9.17) is 0 Å². The maximum Gasteiger partial charge on any atom is 0.255 e. The van der Waals surface area contributed by atoms with E-state index in [9.17, 15) is 18.0 Å². The second kappa shape index (κ2) is 9.01. The topological polar surface area (TPSA) is 88.5 Å². The maximum atomic E-state index is 13.4. The van der Waals surface area contributed by atoms with Gasteiger partial charge in [-0.2, -0.15) is 4.31 Å². The number of hydrogen-bond acceptors (Lipinski definition) is 4. The molecule has 1 N–H and O–H groups in total. The van der Waals surface area contributed by atoms with Gasteiger partial charge >= 0.3 is 0 Å². The standard InChI is InChI=1S/C28H31N3O4S/c1-28(2,3)22-9-7-20(8-10-22)27(33)29-23-11-13-24(14-12-23)36(34,35)30-16-19-15-21(18-30)25-5-4-6-26(32)31(25)17-19/h4-14,19,21H,15-18H2,1-3H3,(H,29,33). The Morgan fingerprint density at radius 1 is 0.917 bits per heavy atom. The number of carbonyl (C=O) groups excluding carboxylic acids is 1. The molecule has 0 radical (unpaired) electrons. The van der Waals surface area contributed by atoms with Crippen LogP contribution in [-0.4, -0.2) is 36.3 Å². The summed E-state index contributed by atoms with van der Waals surface area (Å²) in [6.07, 6.45) is 0.886. The van der Waals surface area contributed by atoms with E-state index in [1.807, 2.05) is 18.2 Å². The minimum atomic E-state index is -3.70. The van der Waals surface area contributed by atoms with E-state index in [-0.39, 0.29) is 33.6 Å². The molecule has 3 aromatic rings. The van der Waals surface area contributed by atoms with Crippen LogP contribution in [0, 0.1) is 5.92 Å². The van der Waals surface area contributed by atoms with Gasteiger partial charge in [-0.3, -0.25) is 9.59 Å². The Hall–Kier alpha value is -3.23. The van der Waals surface area contributed by atoms with Gasteiger partial charge in [0.15, 0.2) is 0 Å². The van der Waals surface area contributed by atoms with Crippen LogP contribution < -0.4 is 10.9 Å². The Bertz CT molecular complexity index is 1450. The first-order valence-electron chi connectivity index (χ1n) is 12.2. The number of hydrogen-bond donors (Lipinski definition) is 1. The Morgan fingerprint density at radius 3 is 2.28 bits per heavy atom. The molecule has 5 rings (SSSR count). The molecule has 7 nitrogen and oxygen atoms in total. The highest BCUT2D eigenvalue weighted by atomic mass is 32.2. The Labute approximate surface area is 211 Å². The third-order valence-electron chi connectivity index (χ3n) is 7.21. The van der Waals surface area contributed by atoms with Crippen molar-refractivity contribution < 1.29 is 13.2 Å². The number of rotatable bonds is 4. The molecule has 2 atom stereocenters. The number of aromatic nitrogens is 1. The molecule has 0 spiro atoms. The van der Waals surface area contributed by atoms with E-state index in [0.717, 1.165) is 17.7 Å². The quantitative estimate of drug-likeness (QED) is 0.576. The molecule has 2 aromatic carbocycles. The molecule has 3 heterocycles. The molecule has 2 aliphatic rings. The highest BCUT2D eigenvalue weighted by Gasteiger charge is 2.39. The van der Waals surface area contributed by atoms with Crippen LogP contribution in [0.15, 0.2) is 76.4 Å². The van der Waals surface area contributed by atoms with Gasteiger partial charge in [-0.1, -0.05) is 39.0 Å². The smallest absolute Gasteiger partial charge is 0.255 e. The number of pyridine rings is 1. The Kier molecular flexibility index (Phi) is 6.12. The van der Waals surface area contributed by atoms with Gasteiger partial charge in [-0.15, -0.1) is 0 Å². The summed E-state index contributed by atoms with van der Waals surface area (Å²) >= 11 is 0. The molecule has 1 fully saturated rings. The number of nitrogens with one attached hydrogen (secondary N) is 1. The van der Waals surface area contributed by atoms with E-state index >= 15 is 0 Å². The predicted octanol–water partition coefficient (Wildman–Crippen LogP) is 4.21. The summed E-state index contributed by atoms with van der Waals surface area (Å²) in [6.45, 7) is 7.64. The summed E-state index contributed by atoms with van der Waals surface area (Å²) in [5.74, 6) is -0.136. The van der Waals surface area contributed by atoms with Crippen molar-refractivity contribution in [3.05, 3.63) is 93.9 Å². The Morgan fingerprint density at radius 2 is 1.61 bits per heavy atom. The summed E-state index contributed by atoms with van der Waals surface area (Å²) in [4.78, 5) is 25.1. The lowest BCUT2D eigenvalue weighted by Gasteiger charge is -2.42. The molecule has 2 aliphatic heterocycles. The van der Waals surface area contributed by atoms with Crippen LogP contribution in [0.5, 0.6) is 0 Å². The number of benzene rings is 2. The summed E-state index contributed by atoms with van der Waals surface area (Å²) in [5, 5.41) is 2.84. The van der Waals surface area contributed by atoms with E-state index < -0.39 is 10.0 Å². The van der Waals surface area contributed by atoms with Gasteiger partial charge in [0, 0.05) is 48.6 Å². The fourth-order valence-corrected chi connectivity index (χ4v) is 6.79. The molecule has 2 bridgehead atoms. The third-order valence-corrected chi connectivity index (χ3v) is 9.06. The molecule has 8 heteroatoms. The molecule has 1 amide bonds. The molecule has 0 saturated carbocycles. The molecule has 2 unspecified atom stereocenters. The van der Waals surface area contributed by atoms with Crippen LogP contribution in [0.1, 0.15) is 54.7 Å². The second-order valence-electron chi connectivity index (χ2n) is 10.8. The average molecular weight is 506 g/mol. The van der Waals surface area contributed by atoms with Gasteiger partial charge in [0.05, 0.1) is 4.90 Å². The SMILES string of the molecule is CC(C)(C)c1ccc(C(=O)Nc2ccc(S(=O)(=O)N3CC4CC(C3)c3cccc(=O)n3C4)cc2)cc1. The minimum absolute atomic E-state index is 0.00408. The van der Waals surface area contributed by atoms with Crippen molar-refractivity contribution in [1.29, 1.82) is 0 Å². The summed E-state index contributed by atoms with van der Waals surface area (Å²) < 4.78 is 30.2. The summed E-state index contributed by atoms with van der Waals surface area (Å²) in [7, 11) is -3.70. The van der Waals surface area contributed by atoms with Crippen LogP contribution in [0.3, 0.4) is 0 Å². The zero-order valence-corrected chi connectivity index (χ0v) is 21.6. The van der Waals surface area contributed by atoms with E-state index in [2.05, 4.69) is 26.1 Å². The number of anilines is 1. The highest BCUT2D eigenvalue weighted by Crippen LogP contribution is 2.37. The lowest BCUT2D eigenvalue weighted by molar-refractivity contribution is 0.102. The van der Waals surface area contributed by atoms with Crippen molar-refractivity contribution in [2.75, 3.05) is 18.4 Å². The van der Waals surface area contributed by atoms with Gasteiger partial charge < -0.3 is 9.88 Å². The predicted molar refractivity (Wildman–Crippen MR) is 140 cm³/mol. The number of carbonyl (C=O) groups is 1. The zero-order valence-electron chi connectivity index (χ0n) is 20.8. The first-order chi connectivity index (χ1) is 17.0. The van der Waals surface area contributed by atoms with Crippen LogP contribution in [0.25, 0.3) is 0 Å². The number of amides is 1. The summed E-state index contributed by atoms with van der Waals surface area (Å²) in [5.41, 5.74) is 3.10. The minimum Gasteiger partial charge on any atom is -0.322 e. The molecule has 1 saturated heterocycles. The van der Waals surface area contributed by atoms with Crippen molar-refractivity contribution in [3.8, 4) is 0 Å². The molecule has 0 aliphatic carbocycles. The molecule has 1 aromatic heterocycles. The summed E-state index contributed by atoms with van der Waals surface area (Å²) in [6, 6.07) is 19.0. The van der Waals surface area contributed by atoms with Gasteiger partial charge in [0.1, 0.15) is 0 Å². The van der Waals surface area contributed by atoms with Crippen molar-refractivity contribution in [1.82, 2.24) is 8.87 Å². The second-order valence-corrected chi connectivity index (χ2v) is 12.8. The first kappa shape index (κ1) is 24.5. The van der Waals surface area contributed by atoms with Crippen LogP contribution in [0.2, 0.25) is 0 Å². The lowest BCUT2D eigenvalue weighted by Crippen LogP contribution is -2.48. The normalized spacial score (nSPS) is 20.0. The maximum absolute atomic E-state index is 13.4.